The van der Waals surface area contributed by atoms with Gasteiger partial charge in [0, 0.05) is 12.6 Å². The zero-order valence-corrected chi connectivity index (χ0v) is 12.8. The van der Waals surface area contributed by atoms with Gasteiger partial charge in [-0.05, 0) is 24.6 Å². The summed E-state index contributed by atoms with van der Waals surface area (Å²) in [7, 11) is 0. The highest BCUT2D eigenvalue weighted by molar-refractivity contribution is 6.42. The topological polar surface area (TPSA) is 86.6 Å². The van der Waals surface area contributed by atoms with Crippen LogP contribution in [-0.4, -0.2) is 34.2 Å². The minimum Gasteiger partial charge on any atom is -0.481 e. The maximum absolute atomic E-state index is 11.6. The number of carboxylic acid groups (broad SMARTS) is 1. The highest BCUT2D eigenvalue weighted by Crippen LogP contribution is 2.26. The normalized spacial score (nSPS) is 13.9. The molecule has 0 spiro atoms. The van der Waals surface area contributed by atoms with Gasteiger partial charge in [0.05, 0.1) is 22.1 Å². The molecule has 3 N–H and O–H groups in total. The van der Waals surface area contributed by atoms with E-state index in [-0.39, 0.29) is 6.54 Å². The monoisotopic (exact) mass is 331 g/mol. The molecule has 0 aliphatic rings. The fourth-order valence-corrected chi connectivity index (χ4v) is 1.91. The molecule has 0 saturated heterocycles. The molecule has 1 unspecified atom stereocenters. The molecule has 1 rings (SSSR count). The van der Waals surface area contributed by atoms with Crippen molar-refractivity contribution >= 4 is 41.2 Å². The average Bonchev–Trinajstić information content (AvgIpc) is 2.37. The van der Waals surface area contributed by atoms with Crippen molar-refractivity contribution < 1.29 is 19.8 Å². The molecule has 0 aliphatic carbocycles. The van der Waals surface area contributed by atoms with E-state index in [4.69, 9.17) is 28.3 Å². The molecule has 0 fully saturated rings. The quantitative estimate of drug-likeness (QED) is 0.698. The third-order valence-electron chi connectivity index (χ3n) is 2.57. The summed E-state index contributed by atoms with van der Waals surface area (Å²) in [6.07, 6.45) is 2.25. The number of carbonyl (C=O) groups is 2. The molecular formula is C14H15Cl2NO4. The summed E-state index contributed by atoms with van der Waals surface area (Å²) in [5.74, 6) is -1.62. The van der Waals surface area contributed by atoms with Crippen molar-refractivity contribution in [2.75, 3.05) is 6.54 Å². The minimum absolute atomic E-state index is 0.175. The summed E-state index contributed by atoms with van der Waals surface area (Å²) in [5, 5.41) is 21.5. The van der Waals surface area contributed by atoms with E-state index in [0.717, 1.165) is 0 Å². The lowest BCUT2D eigenvalue weighted by atomic mass is 10.0. The first kappa shape index (κ1) is 17.5. The summed E-state index contributed by atoms with van der Waals surface area (Å²) in [5.41, 5.74) is -0.931. The predicted molar refractivity (Wildman–Crippen MR) is 81.4 cm³/mol. The van der Waals surface area contributed by atoms with Crippen LogP contribution in [0.15, 0.2) is 24.3 Å². The molecule has 5 nitrogen and oxygen atoms in total. The van der Waals surface area contributed by atoms with Gasteiger partial charge in [-0.15, -0.1) is 0 Å². The number of nitrogens with one attached hydrogen (secondary N) is 1. The van der Waals surface area contributed by atoms with Crippen molar-refractivity contribution in [1.82, 2.24) is 5.32 Å². The zero-order chi connectivity index (χ0) is 16.0. The number of carboxylic acids is 1. The first-order valence-electron chi connectivity index (χ1n) is 6.05. The van der Waals surface area contributed by atoms with Crippen LogP contribution in [0.3, 0.4) is 0 Å². The minimum atomic E-state index is -1.51. The fourth-order valence-electron chi connectivity index (χ4n) is 1.54. The molecule has 0 saturated carbocycles. The van der Waals surface area contributed by atoms with Gasteiger partial charge in [0.15, 0.2) is 0 Å². The SMILES string of the molecule is CC(O)(CNC(=O)C=Cc1cccc(Cl)c1Cl)CC(=O)O. The van der Waals surface area contributed by atoms with E-state index in [1.165, 1.54) is 19.1 Å². The van der Waals surface area contributed by atoms with E-state index in [1.807, 2.05) is 0 Å². The van der Waals surface area contributed by atoms with Gasteiger partial charge in [-0.1, -0.05) is 35.3 Å². The third-order valence-corrected chi connectivity index (χ3v) is 3.40. The van der Waals surface area contributed by atoms with E-state index in [0.29, 0.717) is 15.6 Å². The Labute approximate surface area is 132 Å². The molecular weight excluding hydrogens is 317 g/mol. The van der Waals surface area contributed by atoms with Crippen LogP contribution in [0, 0.1) is 0 Å². The fraction of sp³-hybridized carbons (Fsp3) is 0.286. The van der Waals surface area contributed by atoms with E-state index in [2.05, 4.69) is 5.32 Å². The molecule has 1 aromatic rings. The smallest absolute Gasteiger partial charge is 0.306 e. The van der Waals surface area contributed by atoms with Gasteiger partial charge < -0.3 is 15.5 Å². The van der Waals surface area contributed by atoms with E-state index in [9.17, 15) is 14.7 Å². The van der Waals surface area contributed by atoms with Crippen LogP contribution < -0.4 is 5.32 Å². The number of benzene rings is 1. The van der Waals surface area contributed by atoms with Crippen LogP contribution in [-0.2, 0) is 9.59 Å². The lowest BCUT2D eigenvalue weighted by Crippen LogP contribution is -2.41. The summed E-state index contributed by atoms with van der Waals surface area (Å²) < 4.78 is 0. The van der Waals surface area contributed by atoms with E-state index >= 15 is 0 Å². The third kappa shape index (κ3) is 6.16. The molecule has 0 radical (unpaired) electrons. The maximum Gasteiger partial charge on any atom is 0.306 e. The van der Waals surface area contributed by atoms with Gasteiger partial charge in [0.25, 0.3) is 0 Å². The number of aliphatic carboxylic acids is 1. The van der Waals surface area contributed by atoms with Gasteiger partial charge in [-0.3, -0.25) is 9.59 Å². The van der Waals surface area contributed by atoms with Gasteiger partial charge in [-0.2, -0.15) is 0 Å². The molecule has 0 aliphatic heterocycles. The Hall–Kier alpha value is -1.56. The summed E-state index contributed by atoms with van der Waals surface area (Å²) in [4.78, 5) is 22.1. The molecule has 7 heteroatoms. The zero-order valence-electron chi connectivity index (χ0n) is 11.3. The van der Waals surface area contributed by atoms with Gasteiger partial charge in [0.2, 0.25) is 5.91 Å². The van der Waals surface area contributed by atoms with Crippen molar-refractivity contribution in [2.45, 2.75) is 18.9 Å². The van der Waals surface area contributed by atoms with Crippen LogP contribution in [0.4, 0.5) is 0 Å². The Balaban J connectivity index is 2.60. The second kappa shape index (κ2) is 7.45. The van der Waals surface area contributed by atoms with Crippen LogP contribution in [0.2, 0.25) is 10.0 Å². The maximum atomic E-state index is 11.6. The molecule has 1 amide bonds. The van der Waals surface area contributed by atoms with Gasteiger partial charge in [-0.25, -0.2) is 0 Å². The number of hydrogen-bond donors (Lipinski definition) is 3. The molecule has 21 heavy (non-hydrogen) atoms. The Kier molecular flexibility index (Phi) is 6.20. The molecule has 114 valence electrons. The molecule has 1 aromatic carbocycles. The number of halogens is 2. The molecule has 1 atom stereocenters. The summed E-state index contributed by atoms with van der Waals surface area (Å²) >= 11 is 11.8. The van der Waals surface area contributed by atoms with Gasteiger partial charge in [0.1, 0.15) is 0 Å². The van der Waals surface area contributed by atoms with Gasteiger partial charge >= 0.3 is 5.97 Å². The van der Waals surface area contributed by atoms with E-state index < -0.39 is 23.9 Å². The first-order valence-corrected chi connectivity index (χ1v) is 6.81. The second-order valence-electron chi connectivity index (χ2n) is 4.76. The number of amides is 1. The van der Waals surface area contributed by atoms with Crippen molar-refractivity contribution in [1.29, 1.82) is 0 Å². The van der Waals surface area contributed by atoms with Crippen molar-refractivity contribution in [3.8, 4) is 0 Å². The highest BCUT2D eigenvalue weighted by atomic mass is 35.5. The number of aliphatic hydroxyl groups is 1. The Morgan fingerprint density at radius 1 is 1.38 bits per heavy atom. The number of hydrogen-bond acceptors (Lipinski definition) is 3. The second-order valence-corrected chi connectivity index (χ2v) is 5.55. The van der Waals surface area contributed by atoms with Crippen LogP contribution in [0.5, 0.6) is 0 Å². The Morgan fingerprint density at radius 2 is 2.05 bits per heavy atom. The lowest BCUT2D eigenvalue weighted by Gasteiger charge is -2.20. The Morgan fingerprint density at radius 3 is 2.67 bits per heavy atom. The largest absolute Gasteiger partial charge is 0.481 e. The van der Waals surface area contributed by atoms with E-state index in [1.54, 1.807) is 18.2 Å². The number of carbonyl (C=O) groups excluding carboxylic acids is 1. The van der Waals surface area contributed by atoms with Crippen LogP contribution >= 0.6 is 23.2 Å². The number of rotatable bonds is 6. The lowest BCUT2D eigenvalue weighted by molar-refractivity contribution is -0.142. The van der Waals surface area contributed by atoms with Crippen molar-refractivity contribution in [3.63, 3.8) is 0 Å². The molecule has 0 bridgehead atoms. The first-order chi connectivity index (χ1) is 9.71. The van der Waals surface area contributed by atoms with Crippen molar-refractivity contribution in [3.05, 3.63) is 39.9 Å². The Bertz CT molecular complexity index is 570. The predicted octanol–water partition coefficient (Wildman–Crippen LogP) is 2.35. The molecule has 0 heterocycles. The highest BCUT2D eigenvalue weighted by Gasteiger charge is 2.24. The van der Waals surface area contributed by atoms with Crippen molar-refractivity contribution in [2.24, 2.45) is 0 Å². The average molecular weight is 332 g/mol. The summed E-state index contributed by atoms with van der Waals surface area (Å²) in [6.45, 7) is 1.16. The standard InChI is InChI=1S/C14H15Cl2NO4/c1-14(21,7-12(19)20)8-17-11(18)6-5-9-3-2-4-10(15)13(9)16/h2-6,21H,7-8H2,1H3,(H,17,18)(H,19,20). The molecule has 0 aromatic heterocycles. The summed E-state index contributed by atoms with van der Waals surface area (Å²) in [6, 6.07) is 5.02. The van der Waals surface area contributed by atoms with Crippen LogP contribution in [0.25, 0.3) is 6.08 Å². The van der Waals surface area contributed by atoms with Crippen LogP contribution in [0.1, 0.15) is 18.9 Å².